The summed E-state index contributed by atoms with van der Waals surface area (Å²) in [4.78, 5) is 22.5. The van der Waals surface area contributed by atoms with E-state index in [1.54, 1.807) is 12.3 Å². The lowest BCUT2D eigenvalue weighted by Gasteiger charge is -2.41. The summed E-state index contributed by atoms with van der Waals surface area (Å²) < 4.78 is 0. The smallest absolute Gasteiger partial charge is 0.337 e. The fourth-order valence-electron chi connectivity index (χ4n) is 4.89. The zero-order valence-corrected chi connectivity index (χ0v) is 20.7. The molecule has 0 saturated heterocycles. The molecule has 2 aromatic carbocycles. The quantitative estimate of drug-likeness (QED) is 0.514. The number of carboxylic acids is 1. The second-order valence-electron chi connectivity index (χ2n) is 9.62. The van der Waals surface area contributed by atoms with Crippen LogP contribution >= 0.6 is 0 Å². The van der Waals surface area contributed by atoms with Crippen LogP contribution in [0.15, 0.2) is 60.9 Å². The largest absolute Gasteiger partial charge is 0.478 e. The topological polar surface area (TPSA) is 59.9 Å². The number of likely N-dealkylation sites (N-methyl/N-ethyl adjacent to an activating group) is 1. The first kappa shape index (κ1) is 23.8. The fraction of sp³-hybridized carbons (Fsp3) is 0.357. The maximum atomic E-state index is 11.8. The van der Waals surface area contributed by atoms with Gasteiger partial charge < -0.3 is 14.9 Å². The van der Waals surface area contributed by atoms with E-state index in [-0.39, 0.29) is 11.7 Å². The van der Waals surface area contributed by atoms with Crippen molar-refractivity contribution in [2.45, 2.75) is 32.9 Å². The molecule has 1 aromatic heterocycles. The molecule has 0 amide bonds. The molecule has 0 spiro atoms. The van der Waals surface area contributed by atoms with Gasteiger partial charge in [0, 0.05) is 38.2 Å². The van der Waals surface area contributed by atoms with Gasteiger partial charge >= 0.3 is 5.97 Å². The summed E-state index contributed by atoms with van der Waals surface area (Å²) in [5.41, 5.74) is 7.03. The van der Waals surface area contributed by atoms with Crippen LogP contribution in [0.5, 0.6) is 0 Å². The number of aromatic carboxylic acids is 1. The maximum absolute atomic E-state index is 11.8. The van der Waals surface area contributed by atoms with Crippen molar-refractivity contribution in [2.24, 2.45) is 5.92 Å². The fourth-order valence-corrected chi connectivity index (χ4v) is 4.89. The monoisotopic (exact) mass is 458 g/mol. The van der Waals surface area contributed by atoms with Gasteiger partial charge in [-0.25, -0.2) is 4.79 Å². The molecule has 0 unspecified atom stereocenters. The van der Waals surface area contributed by atoms with E-state index in [2.05, 4.69) is 85.2 Å². The van der Waals surface area contributed by atoms with Crippen LogP contribution < -0.4 is 9.80 Å². The molecule has 0 aliphatic carbocycles. The molecule has 1 aliphatic heterocycles. The Balaban J connectivity index is 1.63. The van der Waals surface area contributed by atoms with Crippen LogP contribution in [0.3, 0.4) is 0 Å². The van der Waals surface area contributed by atoms with E-state index in [4.69, 9.17) is 0 Å². The minimum absolute atomic E-state index is 0.0688. The number of nitrogens with zero attached hydrogens (tertiary/aromatic N) is 4. The molecular weight excluding hydrogens is 424 g/mol. The number of fused-ring (bicyclic) bond motifs is 1. The molecule has 1 atom stereocenters. The Morgan fingerprint density at radius 1 is 1.12 bits per heavy atom. The SMILES string of the molecule is CC(C)Cc1ccc(N(C)c2ccc3c(c2)CCN(C)[C@@H]3N(C)c2cnccc2C(=O)O)cc1. The van der Waals surface area contributed by atoms with E-state index in [9.17, 15) is 9.90 Å². The minimum Gasteiger partial charge on any atom is -0.478 e. The predicted octanol–water partition coefficient (Wildman–Crippen LogP) is 5.37. The number of hydrogen-bond donors (Lipinski definition) is 1. The van der Waals surface area contributed by atoms with E-state index in [0.717, 1.165) is 30.8 Å². The molecule has 4 rings (SSSR count). The third-order valence-corrected chi connectivity index (χ3v) is 6.69. The highest BCUT2D eigenvalue weighted by molar-refractivity contribution is 5.94. The molecule has 178 valence electrons. The van der Waals surface area contributed by atoms with Crippen LogP contribution in [-0.4, -0.2) is 48.6 Å². The van der Waals surface area contributed by atoms with Gasteiger partial charge in [0.2, 0.25) is 0 Å². The standard InChI is InChI=1S/C28H34N4O2/c1-19(2)16-20-6-8-22(9-7-20)31(4)23-10-11-24-21(17-23)13-15-30(3)27(24)32(5)26-18-29-14-12-25(26)28(33)34/h6-12,14,17-19,27H,13,15-16H2,1-5H3,(H,33,34)/t27-/m1/s1. The summed E-state index contributed by atoms with van der Waals surface area (Å²) in [5, 5.41) is 9.67. The van der Waals surface area contributed by atoms with Gasteiger partial charge in [-0.3, -0.25) is 9.88 Å². The average Bonchev–Trinajstić information content (AvgIpc) is 2.83. The molecule has 2 heterocycles. The molecule has 34 heavy (non-hydrogen) atoms. The highest BCUT2D eigenvalue weighted by Crippen LogP contribution is 2.37. The maximum Gasteiger partial charge on any atom is 0.337 e. The minimum atomic E-state index is -0.945. The Bertz CT molecular complexity index is 1160. The number of anilines is 3. The van der Waals surface area contributed by atoms with Gasteiger partial charge in [0.05, 0.1) is 17.4 Å². The lowest BCUT2D eigenvalue weighted by atomic mass is 9.95. The van der Waals surface area contributed by atoms with E-state index < -0.39 is 5.97 Å². The summed E-state index contributed by atoms with van der Waals surface area (Å²) in [7, 11) is 6.13. The molecule has 0 bridgehead atoms. The number of aromatic nitrogens is 1. The number of carboxylic acid groups (broad SMARTS) is 1. The molecular formula is C28H34N4O2. The predicted molar refractivity (Wildman–Crippen MR) is 138 cm³/mol. The Morgan fingerprint density at radius 3 is 2.50 bits per heavy atom. The Kier molecular flexibility index (Phi) is 6.89. The van der Waals surface area contributed by atoms with Gasteiger partial charge in [-0.05, 0) is 72.8 Å². The van der Waals surface area contributed by atoms with Crippen molar-refractivity contribution in [3.05, 3.63) is 83.2 Å². The van der Waals surface area contributed by atoms with Gasteiger partial charge in [-0.2, -0.15) is 0 Å². The van der Waals surface area contributed by atoms with Crippen LogP contribution in [0.1, 0.15) is 47.1 Å². The molecule has 1 aliphatic rings. The van der Waals surface area contributed by atoms with Gasteiger partial charge in [-0.15, -0.1) is 0 Å². The van der Waals surface area contributed by atoms with Crippen LogP contribution in [0.25, 0.3) is 0 Å². The first-order chi connectivity index (χ1) is 16.3. The van der Waals surface area contributed by atoms with Gasteiger partial charge in [-0.1, -0.05) is 32.0 Å². The molecule has 1 N–H and O–H groups in total. The van der Waals surface area contributed by atoms with E-state index in [1.807, 2.05) is 11.9 Å². The third kappa shape index (κ3) is 4.77. The number of pyridine rings is 1. The highest BCUT2D eigenvalue weighted by Gasteiger charge is 2.30. The molecule has 6 heteroatoms. The lowest BCUT2D eigenvalue weighted by Crippen LogP contribution is -2.42. The number of benzene rings is 2. The second-order valence-corrected chi connectivity index (χ2v) is 9.62. The first-order valence-electron chi connectivity index (χ1n) is 11.8. The van der Waals surface area contributed by atoms with Crippen LogP contribution in [0.2, 0.25) is 0 Å². The van der Waals surface area contributed by atoms with E-state index >= 15 is 0 Å². The molecule has 0 saturated carbocycles. The normalized spacial score (nSPS) is 15.8. The second kappa shape index (κ2) is 9.85. The zero-order chi connectivity index (χ0) is 24.4. The van der Waals surface area contributed by atoms with Crippen molar-refractivity contribution >= 4 is 23.0 Å². The summed E-state index contributed by atoms with van der Waals surface area (Å²) in [5.74, 6) is -0.300. The summed E-state index contributed by atoms with van der Waals surface area (Å²) in [6, 6.07) is 17.0. The van der Waals surface area contributed by atoms with Crippen molar-refractivity contribution in [3.8, 4) is 0 Å². The Labute approximate surface area is 202 Å². The lowest BCUT2D eigenvalue weighted by molar-refractivity contribution is 0.0697. The third-order valence-electron chi connectivity index (χ3n) is 6.69. The van der Waals surface area contributed by atoms with Crippen LogP contribution in [0.4, 0.5) is 17.1 Å². The van der Waals surface area contributed by atoms with Crippen molar-refractivity contribution in [2.75, 3.05) is 37.5 Å². The number of carbonyl (C=O) groups is 1. The molecule has 6 nitrogen and oxygen atoms in total. The van der Waals surface area contributed by atoms with Gasteiger partial charge in [0.25, 0.3) is 0 Å². The van der Waals surface area contributed by atoms with Crippen molar-refractivity contribution in [1.82, 2.24) is 9.88 Å². The molecule has 0 radical (unpaired) electrons. The molecule has 0 fully saturated rings. The van der Waals surface area contributed by atoms with Crippen molar-refractivity contribution in [1.29, 1.82) is 0 Å². The average molecular weight is 459 g/mol. The number of rotatable bonds is 7. The number of hydrogen-bond acceptors (Lipinski definition) is 5. The van der Waals surface area contributed by atoms with Crippen molar-refractivity contribution < 1.29 is 9.90 Å². The van der Waals surface area contributed by atoms with Crippen LogP contribution in [0, 0.1) is 5.92 Å². The highest BCUT2D eigenvalue weighted by atomic mass is 16.4. The first-order valence-corrected chi connectivity index (χ1v) is 11.8. The van der Waals surface area contributed by atoms with E-state index in [1.165, 1.54) is 22.9 Å². The van der Waals surface area contributed by atoms with Gasteiger partial charge in [0.1, 0.15) is 6.17 Å². The summed E-state index contributed by atoms with van der Waals surface area (Å²) in [6.45, 7) is 5.37. The van der Waals surface area contributed by atoms with Crippen LogP contribution in [-0.2, 0) is 12.8 Å². The summed E-state index contributed by atoms with van der Waals surface area (Å²) in [6.07, 6.45) is 5.13. The van der Waals surface area contributed by atoms with E-state index in [0.29, 0.717) is 11.6 Å². The Hall–Kier alpha value is -3.38. The van der Waals surface area contributed by atoms with Gasteiger partial charge in [0.15, 0.2) is 0 Å². The summed E-state index contributed by atoms with van der Waals surface area (Å²) >= 11 is 0. The molecule has 3 aromatic rings. The van der Waals surface area contributed by atoms with Crippen molar-refractivity contribution in [3.63, 3.8) is 0 Å². The zero-order valence-electron chi connectivity index (χ0n) is 20.7. The Morgan fingerprint density at radius 2 is 1.82 bits per heavy atom.